The predicted molar refractivity (Wildman–Crippen MR) is 122 cm³/mol. The van der Waals surface area contributed by atoms with Gasteiger partial charge in [0.2, 0.25) is 5.91 Å². The highest BCUT2D eigenvalue weighted by Gasteiger charge is 2.21. The lowest BCUT2D eigenvalue weighted by atomic mass is 10.2. The molecule has 0 radical (unpaired) electrons. The zero-order valence-corrected chi connectivity index (χ0v) is 19.2. The van der Waals surface area contributed by atoms with Gasteiger partial charge < -0.3 is 10.3 Å². The number of nitrogens with one attached hydrogen (secondary N) is 2. The minimum atomic E-state index is -0.0440. The summed E-state index contributed by atoms with van der Waals surface area (Å²) in [7, 11) is 0. The highest BCUT2D eigenvalue weighted by Crippen LogP contribution is 2.34. The number of fused-ring (bicyclic) bond motifs is 3. The minimum absolute atomic E-state index is 0.00116. The van der Waals surface area contributed by atoms with E-state index in [2.05, 4.69) is 33.4 Å². The van der Waals surface area contributed by atoms with Gasteiger partial charge in [0.15, 0.2) is 0 Å². The number of hydrogen-bond acceptors (Lipinski definition) is 6. The first kappa shape index (κ1) is 21.1. The number of nitrogens with zero attached hydrogens (tertiary/aromatic N) is 3. The second-order valence-corrected chi connectivity index (χ2v) is 10.1. The lowest BCUT2D eigenvalue weighted by molar-refractivity contribution is -0.118. The molecule has 1 aliphatic carbocycles. The van der Waals surface area contributed by atoms with E-state index in [1.165, 1.54) is 22.2 Å². The summed E-state index contributed by atoms with van der Waals surface area (Å²) in [5.74, 6) is 1.79. The summed E-state index contributed by atoms with van der Waals surface area (Å²) in [6.07, 6.45) is 3.16. The van der Waals surface area contributed by atoms with Crippen LogP contribution in [0.4, 0.5) is 0 Å². The number of amides is 1. The molecule has 0 aromatic carbocycles. The van der Waals surface area contributed by atoms with Crippen molar-refractivity contribution in [3.05, 3.63) is 44.1 Å². The number of aromatic nitrogens is 4. The van der Waals surface area contributed by atoms with Crippen LogP contribution >= 0.6 is 23.1 Å². The molecule has 160 valence electrons. The molecule has 4 rings (SSSR count). The quantitative estimate of drug-likeness (QED) is 0.556. The van der Waals surface area contributed by atoms with E-state index in [0.717, 1.165) is 47.4 Å². The van der Waals surface area contributed by atoms with Gasteiger partial charge in [-0.2, -0.15) is 5.10 Å². The van der Waals surface area contributed by atoms with Crippen LogP contribution in [0.25, 0.3) is 10.2 Å². The van der Waals surface area contributed by atoms with Gasteiger partial charge in [-0.1, -0.05) is 6.92 Å². The fourth-order valence-corrected chi connectivity index (χ4v) is 5.91. The Morgan fingerprint density at radius 2 is 2.23 bits per heavy atom. The standard InChI is InChI=1S/C21H27N5O2S2/c1-12(9-26-14(3)7-13(2)25-26)8-22-18(27)11-29-10-17-23-20(28)19-15-5-4-6-16(15)30-21(19)24-17/h7,12H,4-6,8-11H2,1-3H3,(H,22,27)(H,23,24,28). The maximum atomic E-state index is 12.5. The topological polar surface area (TPSA) is 92.7 Å². The van der Waals surface area contributed by atoms with Crippen molar-refractivity contribution in [2.24, 2.45) is 5.92 Å². The number of thiophene rings is 1. The molecule has 7 nitrogen and oxygen atoms in total. The maximum absolute atomic E-state index is 12.5. The molecule has 1 unspecified atom stereocenters. The second kappa shape index (κ2) is 8.93. The summed E-state index contributed by atoms with van der Waals surface area (Å²) in [6, 6.07) is 2.06. The third-order valence-corrected chi connectivity index (χ3v) is 7.46. The van der Waals surface area contributed by atoms with Crippen molar-refractivity contribution in [2.45, 2.75) is 52.3 Å². The van der Waals surface area contributed by atoms with Gasteiger partial charge in [0, 0.05) is 23.7 Å². The first-order chi connectivity index (χ1) is 14.4. The molecule has 0 saturated heterocycles. The maximum Gasteiger partial charge on any atom is 0.259 e. The lowest BCUT2D eigenvalue weighted by Crippen LogP contribution is -2.31. The number of aryl methyl sites for hydroxylation is 4. The molecule has 3 aromatic heterocycles. The Balaban J connectivity index is 1.24. The van der Waals surface area contributed by atoms with Crippen LogP contribution in [0.3, 0.4) is 0 Å². The van der Waals surface area contributed by atoms with Gasteiger partial charge in [-0.05, 0) is 50.7 Å². The number of aromatic amines is 1. The van der Waals surface area contributed by atoms with Crippen molar-refractivity contribution in [1.29, 1.82) is 0 Å². The van der Waals surface area contributed by atoms with Gasteiger partial charge in [0.05, 0.1) is 22.6 Å². The summed E-state index contributed by atoms with van der Waals surface area (Å²) in [6.45, 7) is 7.52. The first-order valence-electron chi connectivity index (χ1n) is 10.3. The molecule has 1 amide bonds. The molecule has 3 aromatic rings. The smallest absolute Gasteiger partial charge is 0.259 e. The van der Waals surface area contributed by atoms with E-state index in [1.807, 2.05) is 18.5 Å². The predicted octanol–water partition coefficient (Wildman–Crippen LogP) is 2.97. The van der Waals surface area contributed by atoms with Gasteiger partial charge >= 0.3 is 0 Å². The van der Waals surface area contributed by atoms with Gasteiger partial charge in [-0.3, -0.25) is 14.3 Å². The van der Waals surface area contributed by atoms with Crippen LogP contribution in [0, 0.1) is 19.8 Å². The molecule has 30 heavy (non-hydrogen) atoms. The average molecular weight is 446 g/mol. The molecule has 0 fully saturated rings. The lowest BCUT2D eigenvalue weighted by Gasteiger charge is -2.14. The van der Waals surface area contributed by atoms with Gasteiger partial charge in [-0.15, -0.1) is 23.1 Å². The molecule has 1 atom stereocenters. The Bertz CT molecular complexity index is 1130. The van der Waals surface area contributed by atoms with Crippen molar-refractivity contribution >= 4 is 39.2 Å². The molecular formula is C21H27N5O2S2. The van der Waals surface area contributed by atoms with Crippen molar-refractivity contribution in [1.82, 2.24) is 25.1 Å². The number of carbonyl (C=O) groups excluding carboxylic acids is 1. The van der Waals surface area contributed by atoms with Crippen molar-refractivity contribution in [3.8, 4) is 0 Å². The highest BCUT2D eigenvalue weighted by molar-refractivity contribution is 7.99. The van der Waals surface area contributed by atoms with Crippen LogP contribution < -0.4 is 10.9 Å². The highest BCUT2D eigenvalue weighted by atomic mass is 32.2. The van der Waals surface area contributed by atoms with Gasteiger partial charge in [0.25, 0.3) is 5.56 Å². The molecule has 0 saturated carbocycles. The normalized spacial score (nSPS) is 14.2. The number of H-pyrrole nitrogens is 1. The summed E-state index contributed by atoms with van der Waals surface area (Å²) in [5.41, 5.74) is 3.29. The Morgan fingerprint density at radius 1 is 1.40 bits per heavy atom. The van der Waals surface area contributed by atoms with Crippen molar-refractivity contribution in [2.75, 3.05) is 12.3 Å². The molecule has 0 aliphatic heterocycles. The number of thioether (sulfide) groups is 1. The van der Waals surface area contributed by atoms with Crippen LogP contribution in [0.2, 0.25) is 0 Å². The van der Waals surface area contributed by atoms with Crippen LogP contribution in [0.15, 0.2) is 10.9 Å². The Morgan fingerprint density at radius 3 is 3.00 bits per heavy atom. The number of carbonyl (C=O) groups is 1. The van der Waals surface area contributed by atoms with E-state index in [0.29, 0.717) is 23.9 Å². The number of rotatable bonds is 8. The van der Waals surface area contributed by atoms with Crippen molar-refractivity contribution in [3.63, 3.8) is 0 Å². The first-order valence-corrected chi connectivity index (χ1v) is 12.3. The third-order valence-electron chi connectivity index (χ3n) is 5.33. The van der Waals surface area contributed by atoms with E-state index < -0.39 is 0 Å². The number of hydrogen-bond donors (Lipinski definition) is 2. The Hall–Kier alpha value is -2.13. The molecule has 2 N–H and O–H groups in total. The van der Waals surface area contributed by atoms with Crippen LogP contribution in [-0.2, 0) is 29.9 Å². The summed E-state index contributed by atoms with van der Waals surface area (Å²) in [4.78, 5) is 34.3. The fraction of sp³-hybridized carbons (Fsp3) is 0.524. The van der Waals surface area contributed by atoms with Gasteiger partial charge in [0.1, 0.15) is 10.7 Å². The molecule has 3 heterocycles. The van der Waals surface area contributed by atoms with Gasteiger partial charge in [-0.25, -0.2) is 4.98 Å². The Labute approximate surface area is 183 Å². The van der Waals surface area contributed by atoms with E-state index in [1.54, 1.807) is 11.3 Å². The SMILES string of the molecule is Cc1cc(C)n(CC(C)CNC(=O)CSCc2nc3sc4c(c3c(=O)[nH]2)CCC4)n1. The van der Waals surface area contributed by atoms with E-state index in [-0.39, 0.29) is 17.4 Å². The minimum Gasteiger partial charge on any atom is -0.355 e. The van der Waals surface area contributed by atoms with Crippen molar-refractivity contribution < 1.29 is 4.79 Å². The molecular weight excluding hydrogens is 418 g/mol. The average Bonchev–Trinajstić information content (AvgIpc) is 3.34. The van der Waals surface area contributed by atoms with E-state index in [9.17, 15) is 9.59 Å². The molecule has 0 spiro atoms. The summed E-state index contributed by atoms with van der Waals surface area (Å²) < 4.78 is 1.99. The second-order valence-electron chi connectivity index (χ2n) is 8.06. The van der Waals surface area contributed by atoms with E-state index in [4.69, 9.17) is 0 Å². The summed E-state index contributed by atoms with van der Waals surface area (Å²) >= 11 is 3.11. The van der Waals surface area contributed by atoms with Crippen LogP contribution in [0.1, 0.15) is 41.0 Å². The third kappa shape index (κ3) is 4.62. The molecule has 1 aliphatic rings. The molecule has 9 heteroatoms. The summed E-state index contributed by atoms with van der Waals surface area (Å²) in [5, 5.41) is 8.23. The van der Waals surface area contributed by atoms with Crippen LogP contribution in [-0.4, -0.2) is 38.0 Å². The Kier molecular flexibility index (Phi) is 6.29. The monoisotopic (exact) mass is 445 g/mol. The van der Waals surface area contributed by atoms with E-state index >= 15 is 0 Å². The van der Waals surface area contributed by atoms with Crippen LogP contribution in [0.5, 0.6) is 0 Å². The zero-order valence-electron chi connectivity index (χ0n) is 17.6. The zero-order chi connectivity index (χ0) is 21.3. The fourth-order valence-electron chi connectivity index (χ4n) is 3.91. The molecule has 0 bridgehead atoms. The largest absolute Gasteiger partial charge is 0.355 e.